The van der Waals surface area contributed by atoms with Crippen LogP contribution in [0.4, 0.5) is 0 Å². The van der Waals surface area contributed by atoms with Crippen molar-refractivity contribution in [1.82, 2.24) is 4.90 Å². The Kier molecular flexibility index (Phi) is 7.93. The molecule has 0 spiro atoms. The minimum atomic E-state index is -0.962. The molecule has 1 aromatic rings. The van der Waals surface area contributed by atoms with E-state index in [1.54, 1.807) is 18.9 Å². The number of rotatable bonds is 11. The summed E-state index contributed by atoms with van der Waals surface area (Å²) in [7, 11) is 1.62. The molecule has 7 heteroatoms. The number of carboxylic acids is 1. The molecule has 1 aliphatic heterocycles. The van der Waals surface area contributed by atoms with Crippen molar-refractivity contribution in [2.24, 2.45) is 23.2 Å². The van der Waals surface area contributed by atoms with Gasteiger partial charge in [-0.1, -0.05) is 26.8 Å². The highest BCUT2D eigenvalue weighted by molar-refractivity contribution is 5.83. The Morgan fingerprint density at radius 3 is 2.45 bits per heavy atom. The van der Waals surface area contributed by atoms with Gasteiger partial charge in [-0.3, -0.25) is 9.59 Å². The highest BCUT2D eigenvalue weighted by atomic mass is 16.5. The molecule has 2 aliphatic rings. The van der Waals surface area contributed by atoms with E-state index in [0.717, 1.165) is 5.56 Å². The summed E-state index contributed by atoms with van der Waals surface area (Å²) in [6, 6.07) is 5.84. The maximum absolute atomic E-state index is 13.4. The third-order valence-corrected chi connectivity index (χ3v) is 7.28. The topological polar surface area (TPSA) is 96.3 Å². The summed E-state index contributed by atoms with van der Waals surface area (Å²) in [5, 5.41) is 20.1. The highest BCUT2D eigenvalue weighted by Gasteiger charge is 2.49. The minimum Gasteiger partial charge on any atom is -0.493 e. The lowest BCUT2D eigenvalue weighted by molar-refractivity contribution is -0.144. The number of hydrogen-bond acceptors (Lipinski definition) is 5. The van der Waals surface area contributed by atoms with Crippen molar-refractivity contribution in [3.05, 3.63) is 23.8 Å². The standard InChI is InChI=1S/C26H39NO6/c1-16(2)10-20(12-24(29)30)25(31)27-13-21(26(4,15-27)17(3)28)19-8-9-22(32-5)23(11-19)33-14-18-6-7-18/h8-9,11,16-18,20-21,28H,6-7,10,12-15H2,1-5H3,(H,29,30)/t17-,20+,21+,26+/m1/s1. The summed E-state index contributed by atoms with van der Waals surface area (Å²) in [6.07, 6.45) is 2.08. The molecule has 2 fully saturated rings. The SMILES string of the molecule is COc1ccc([C@@H]2CN(C(=O)[C@H](CC(=O)O)CC(C)C)C[C@@]2(C)[C@@H](C)O)cc1OCC1CC1. The molecule has 1 aliphatic carbocycles. The van der Waals surface area contributed by atoms with Crippen LogP contribution in [0, 0.1) is 23.2 Å². The van der Waals surface area contributed by atoms with Crippen LogP contribution >= 0.6 is 0 Å². The van der Waals surface area contributed by atoms with Crippen LogP contribution in [0.5, 0.6) is 11.5 Å². The van der Waals surface area contributed by atoms with Crippen molar-refractivity contribution in [2.45, 2.75) is 65.4 Å². The molecule has 0 radical (unpaired) electrons. The zero-order chi connectivity index (χ0) is 24.3. The molecular formula is C26H39NO6. The molecule has 3 rings (SSSR count). The molecule has 2 N–H and O–H groups in total. The Morgan fingerprint density at radius 2 is 1.91 bits per heavy atom. The molecular weight excluding hydrogens is 422 g/mol. The first kappa shape index (κ1) is 25.3. The smallest absolute Gasteiger partial charge is 0.304 e. The molecule has 1 aromatic carbocycles. The fourth-order valence-electron chi connectivity index (χ4n) is 4.92. The zero-order valence-electron chi connectivity index (χ0n) is 20.5. The van der Waals surface area contributed by atoms with Crippen molar-refractivity contribution in [1.29, 1.82) is 0 Å². The van der Waals surface area contributed by atoms with Crippen LogP contribution in [-0.4, -0.2) is 59.9 Å². The summed E-state index contributed by atoms with van der Waals surface area (Å²) in [5.74, 6) is 0.397. The number of aliphatic carboxylic acids is 1. The van der Waals surface area contributed by atoms with Crippen LogP contribution in [0.15, 0.2) is 18.2 Å². The number of nitrogens with zero attached hydrogens (tertiary/aromatic N) is 1. The van der Waals surface area contributed by atoms with Gasteiger partial charge in [0, 0.05) is 30.3 Å². The Hall–Kier alpha value is -2.28. The van der Waals surface area contributed by atoms with Crippen LogP contribution in [0.1, 0.15) is 64.9 Å². The molecule has 0 bridgehead atoms. The number of benzene rings is 1. The van der Waals surface area contributed by atoms with Crippen LogP contribution in [0.2, 0.25) is 0 Å². The number of likely N-dealkylation sites (tertiary alicyclic amines) is 1. The van der Waals surface area contributed by atoms with E-state index in [9.17, 15) is 19.8 Å². The average Bonchev–Trinajstić information content (AvgIpc) is 3.50. The van der Waals surface area contributed by atoms with Crippen LogP contribution in [-0.2, 0) is 9.59 Å². The van der Waals surface area contributed by atoms with Crippen molar-refractivity contribution in [3.63, 3.8) is 0 Å². The summed E-state index contributed by atoms with van der Waals surface area (Å²) in [5.41, 5.74) is 0.419. The van der Waals surface area contributed by atoms with E-state index < -0.39 is 23.4 Å². The van der Waals surface area contributed by atoms with Crippen LogP contribution < -0.4 is 9.47 Å². The first-order valence-electron chi connectivity index (χ1n) is 12.0. The number of ether oxygens (including phenoxy) is 2. The van der Waals surface area contributed by atoms with Crippen molar-refractivity contribution in [2.75, 3.05) is 26.8 Å². The Bertz CT molecular complexity index is 849. The van der Waals surface area contributed by atoms with E-state index in [2.05, 4.69) is 0 Å². The number of aliphatic hydroxyl groups is 1. The number of carbonyl (C=O) groups is 2. The molecule has 1 saturated heterocycles. The van der Waals surface area contributed by atoms with Crippen LogP contribution in [0.3, 0.4) is 0 Å². The van der Waals surface area contributed by atoms with Gasteiger partial charge < -0.3 is 24.6 Å². The molecule has 0 aromatic heterocycles. The van der Waals surface area contributed by atoms with Gasteiger partial charge >= 0.3 is 5.97 Å². The lowest BCUT2D eigenvalue weighted by atomic mass is 9.72. The molecule has 4 atom stereocenters. The van der Waals surface area contributed by atoms with Gasteiger partial charge in [-0.25, -0.2) is 0 Å². The summed E-state index contributed by atoms with van der Waals surface area (Å²) in [6.45, 7) is 9.23. The van der Waals surface area contributed by atoms with Crippen molar-refractivity contribution >= 4 is 11.9 Å². The largest absolute Gasteiger partial charge is 0.493 e. The third-order valence-electron chi connectivity index (χ3n) is 7.28. The second kappa shape index (κ2) is 10.3. The molecule has 1 heterocycles. The first-order chi connectivity index (χ1) is 15.5. The molecule has 0 unspecified atom stereocenters. The predicted octanol–water partition coefficient (Wildman–Crippen LogP) is 3.93. The summed E-state index contributed by atoms with van der Waals surface area (Å²) in [4.78, 5) is 26.6. The fraction of sp³-hybridized carbons (Fsp3) is 0.692. The molecule has 184 valence electrons. The lowest BCUT2D eigenvalue weighted by Crippen LogP contribution is -2.40. The lowest BCUT2D eigenvalue weighted by Gasteiger charge is -2.34. The predicted molar refractivity (Wildman–Crippen MR) is 126 cm³/mol. The highest BCUT2D eigenvalue weighted by Crippen LogP contribution is 2.47. The molecule has 33 heavy (non-hydrogen) atoms. The minimum absolute atomic E-state index is 0.111. The number of methoxy groups -OCH3 is 1. The van der Waals surface area contributed by atoms with Gasteiger partial charge in [0.2, 0.25) is 5.91 Å². The van der Waals surface area contributed by atoms with Gasteiger partial charge in [-0.05, 0) is 55.7 Å². The Morgan fingerprint density at radius 1 is 1.21 bits per heavy atom. The van der Waals surface area contributed by atoms with Gasteiger partial charge in [0.1, 0.15) is 0 Å². The summed E-state index contributed by atoms with van der Waals surface area (Å²) >= 11 is 0. The Labute approximate surface area is 197 Å². The molecule has 1 amide bonds. The molecule has 7 nitrogen and oxygen atoms in total. The second-order valence-electron chi connectivity index (χ2n) is 10.5. The first-order valence-corrected chi connectivity index (χ1v) is 12.0. The van der Waals surface area contributed by atoms with E-state index in [1.807, 2.05) is 39.0 Å². The average molecular weight is 462 g/mol. The normalized spacial score (nSPS) is 24.6. The number of hydrogen-bond donors (Lipinski definition) is 2. The number of carboxylic acid groups (broad SMARTS) is 1. The zero-order valence-corrected chi connectivity index (χ0v) is 20.5. The van der Waals surface area contributed by atoms with E-state index >= 15 is 0 Å². The number of carbonyl (C=O) groups excluding carboxylic acids is 1. The third kappa shape index (κ3) is 5.99. The number of aliphatic hydroxyl groups excluding tert-OH is 1. The monoisotopic (exact) mass is 461 g/mol. The van der Waals surface area contributed by atoms with E-state index in [-0.39, 0.29) is 24.2 Å². The van der Waals surface area contributed by atoms with Crippen molar-refractivity contribution in [3.8, 4) is 11.5 Å². The number of amides is 1. The quantitative estimate of drug-likeness (QED) is 0.518. The van der Waals surface area contributed by atoms with E-state index in [1.165, 1.54) is 12.8 Å². The van der Waals surface area contributed by atoms with Gasteiger partial charge in [-0.15, -0.1) is 0 Å². The van der Waals surface area contributed by atoms with Gasteiger partial charge in [0.25, 0.3) is 0 Å². The van der Waals surface area contributed by atoms with Gasteiger partial charge in [0.15, 0.2) is 11.5 Å². The second-order valence-corrected chi connectivity index (χ2v) is 10.5. The molecule has 1 saturated carbocycles. The van der Waals surface area contributed by atoms with Gasteiger partial charge in [0.05, 0.1) is 26.2 Å². The van der Waals surface area contributed by atoms with E-state index in [4.69, 9.17) is 9.47 Å². The maximum atomic E-state index is 13.4. The Balaban J connectivity index is 1.87. The fourth-order valence-corrected chi connectivity index (χ4v) is 4.92. The van der Waals surface area contributed by atoms with Gasteiger partial charge in [-0.2, -0.15) is 0 Å². The van der Waals surface area contributed by atoms with E-state index in [0.29, 0.717) is 43.5 Å². The summed E-state index contributed by atoms with van der Waals surface area (Å²) < 4.78 is 11.5. The van der Waals surface area contributed by atoms with Crippen LogP contribution in [0.25, 0.3) is 0 Å². The van der Waals surface area contributed by atoms with Crippen molar-refractivity contribution < 1.29 is 29.3 Å². The maximum Gasteiger partial charge on any atom is 0.304 e.